The van der Waals surface area contributed by atoms with Gasteiger partial charge >= 0.3 is 5.97 Å². The Balaban J connectivity index is 0.00000576. The van der Waals surface area contributed by atoms with Gasteiger partial charge in [0.2, 0.25) is 0 Å². The van der Waals surface area contributed by atoms with E-state index in [1.807, 2.05) is 12.1 Å². The van der Waals surface area contributed by atoms with E-state index >= 15 is 0 Å². The van der Waals surface area contributed by atoms with E-state index in [9.17, 15) is 4.79 Å². The quantitative estimate of drug-likeness (QED) is 0.458. The van der Waals surface area contributed by atoms with E-state index in [4.69, 9.17) is 25.1 Å². The van der Waals surface area contributed by atoms with Crippen LogP contribution in [0.15, 0.2) is 24.3 Å². The van der Waals surface area contributed by atoms with E-state index in [0.717, 1.165) is 37.9 Å². The molecule has 7 heteroatoms. The van der Waals surface area contributed by atoms with Crippen LogP contribution in [0.4, 0.5) is 0 Å². The van der Waals surface area contributed by atoms with Gasteiger partial charge in [-0.15, -0.1) is 12.4 Å². The first-order valence-corrected chi connectivity index (χ1v) is 8.51. The van der Waals surface area contributed by atoms with E-state index in [2.05, 4.69) is 12.1 Å². The first kappa shape index (κ1) is 23.7. The molecule has 0 amide bonds. The molecule has 144 valence electrons. The number of aliphatic carboxylic acids is 1. The van der Waals surface area contributed by atoms with Crippen LogP contribution in [0.5, 0.6) is 5.75 Å². The predicted octanol–water partition coefficient (Wildman–Crippen LogP) is 2.67. The molecule has 0 aliphatic heterocycles. The number of benzene rings is 1. The molecule has 0 unspecified atom stereocenters. The van der Waals surface area contributed by atoms with Crippen molar-refractivity contribution in [2.24, 2.45) is 5.73 Å². The van der Waals surface area contributed by atoms with Gasteiger partial charge < -0.3 is 25.1 Å². The molecule has 1 aromatic carbocycles. The van der Waals surface area contributed by atoms with Gasteiger partial charge in [0.15, 0.2) is 0 Å². The summed E-state index contributed by atoms with van der Waals surface area (Å²) in [6.45, 7) is 2.87. The summed E-state index contributed by atoms with van der Waals surface area (Å²) in [4.78, 5) is 10.2. The monoisotopic (exact) mass is 375 g/mol. The summed E-state index contributed by atoms with van der Waals surface area (Å²) >= 11 is 0. The molecule has 25 heavy (non-hydrogen) atoms. The lowest BCUT2D eigenvalue weighted by atomic mass is 10.1. The third-order valence-electron chi connectivity index (χ3n) is 3.36. The normalized spacial score (nSPS) is 10.3. The molecule has 0 radical (unpaired) electrons. The van der Waals surface area contributed by atoms with Gasteiger partial charge in [-0.2, -0.15) is 0 Å². The maximum atomic E-state index is 10.2. The zero-order chi connectivity index (χ0) is 17.5. The second-order valence-corrected chi connectivity index (χ2v) is 5.50. The van der Waals surface area contributed by atoms with Crippen molar-refractivity contribution in [1.29, 1.82) is 0 Å². The summed E-state index contributed by atoms with van der Waals surface area (Å²) in [7, 11) is 0. The number of hydrogen-bond donors (Lipinski definition) is 2. The molecule has 3 N–H and O–H groups in total. The maximum Gasteiger partial charge on any atom is 0.329 e. The van der Waals surface area contributed by atoms with Gasteiger partial charge in [-0.25, -0.2) is 4.79 Å². The SMILES string of the molecule is Cl.NCCc1ccc(OCCCCCOCCCOCC(=O)O)cc1. The number of carboxylic acids is 1. The van der Waals surface area contributed by atoms with Crippen molar-refractivity contribution in [3.05, 3.63) is 29.8 Å². The third kappa shape index (κ3) is 13.6. The number of carboxylic acid groups (broad SMARTS) is 1. The Morgan fingerprint density at radius 3 is 2.24 bits per heavy atom. The summed E-state index contributed by atoms with van der Waals surface area (Å²) in [6.07, 6.45) is 4.66. The van der Waals surface area contributed by atoms with E-state index in [1.165, 1.54) is 5.56 Å². The second kappa shape index (κ2) is 16.1. The summed E-state index contributed by atoms with van der Waals surface area (Å²) < 4.78 is 16.1. The van der Waals surface area contributed by atoms with Gasteiger partial charge in [0.25, 0.3) is 0 Å². The Hall–Kier alpha value is -1.34. The van der Waals surface area contributed by atoms with E-state index < -0.39 is 5.97 Å². The topological polar surface area (TPSA) is 91.0 Å². The summed E-state index contributed by atoms with van der Waals surface area (Å²) in [6, 6.07) is 8.08. The highest BCUT2D eigenvalue weighted by Crippen LogP contribution is 2.13. The molecule has 0 aliphatic carbocycles. The van der Waals surface area contributed by atoms with Crippen molar-refractivity contribution in [1.82, 2.24) is 0 Å². The minimum absolute atomic E-state index is 0. The van der Waals surface area contributed by atoms with Crippen LogP contribution in [0.3, 0.4) is 0 Å². The Labute approximate surface area is 156 Å². The van der Waals surface area contributed by atoms with Gasteiger partial charge in [-0.05, 0) is 56.3 Å². The highest BCUT2D eigenvalue weighted by atomic mass is 35.5. The minimum atomic E-state index is -0.940. The van der Waals surface area contributed by atoms with Gasteiger partial charge in [-0.3, -0.25) is 0 Å². The Morgan fingerprint density at radius 1 is 0.920 bits per heavy atom. The highest BCUT2D eigenvalue weighted by molar-refractivity contribution is 5.85. The molecular weight excluding hydrogens is 346 g/mol. The number of nitrogens with two attached hydrogens (primary N) is 1. The molecule has 0 saturated heterocycles. The van der Waals surface area contributed by atoms with Crippen molar-refractivity contribution >= 4 is 18.4 Å². The Kier molecular flexibility index (Phi) is 15.3. The van der Waals surface area contributed by atoms with Crippen LogP contribution in [0.1, 0.15) is 31.2 Å². The lowest BCUT2D eigenvalue weighted by molar-refractivity contribution is -0.142. The van der Waals surface area contributed by atoms with Crippen LogP contribution in [-0.4, -0.2) is 50.7 Å². The van der Waals surface area contributed by atoms with Crippen molar-refractivity contribution in [2.75, 3.05) is 39.6 Å². The van der Waals surface area contributed by atoms with E-state index in [1.54, 1.807) is 0 Å². The zero-order valence-corrected chi connectivity index (χ0v) is 15.5. The fourth-order valence-electron chi connectivity index (χ4n) is 2.12. The van der Waals surface area contributed by atoms with Gasteiger partial charge in [0.1, 0.15) is 12.4 Å². The molecule has 0 saturated carbocycles. The van der Waals surface area contributed by atoms with Crippen molar-refractivity contribution in [2.45, 2.75) is 32.1 Å². The first-order chi connectivity index (χ1) is 11.7. The summed E-state index contributed by atoms with van der Waals surface area (Å²) in [5.74, 6) is -0.0435. The number of halogens is 1. The Morgan fingerprint density at radius 2 is 1.56 bits per heavy atom. The smallest absolute Gasteiger partial charge is 0.329 e. The molecule has 1 rings (SSSR count). The fourth-order valence-corrected chi connectivity index (χ4v) is 2.12. The molecule has 0 aliphatic rings. The van der Waals surface area contributed by atoms with Crippen LogP contribution in [-0.2, 0) is 20.7 Å². The van der Waals surface area contributed by atoms with Crippen LogP contribution >= 0.6 is 12.4 Å². The third-order valence-corrected chi connectivity index (χ3v) is 3.36. The summed E-state index contributed by atoms with van der Waals surface area (Å²) in [5.41, 5.74) is 6.75. The molecule has 0 fully saturated rings. The molecular formula is C18H30ClNO5. The number of rotatable bonds is 15. The van der Waals surface area contributed by atoms with Gasteiger partial charge in [-0.1, -0.05) is 12.1 Å². The van der Waals surface area contributed by atoms with Crippen molar-refractivity contribution in [3.8, 4) is 5.75 Å². The average molecular weight is 376 g/mol. The van der Waals surface area contributed by atoms with Gasteiger partial charge in [0, 0.05) is 19.8 Å². The average Bonchev–Trinajstić information content (AvgIpc) is 2.57. The lowest BCUT2D eigenvalue weighted by Gasteiger charge is -2.07. The molecule has 6 nitrogen and oxygen atoms in total. The molecule has 0 bridgehead atoms. The molecule has 0 spiro atoms. The lowest BCUT2D eigenvalue weighted by Crippen LogP contribution is -2.09. The van der Waals surface area contributed by atoms with E-state index in [0.29, 0.717) is 33.0 Å². The van der Waals surface area contributed by atoms with Crippen molar-refractivity contribution < 1.29 is 24.1 Å². The number of hydrogen-bond acceptors (Lipinski definition) is 5. The van der Waals surface area contributed by atoms with Crippen LogP contribution < -0.4 is 10.5 Å². The van der Waals surface area contributed by atoms with Crippen LogP contribution in [0, 0.1) is 0 Å². The maximum absolute atomic E-state index is 10.2. The number of ether oxygens (including phenoxy) is 3. The predicted molar refractivity (Wildman–Crippen MR) is 99.7 cm³/mol. The Bertz CT molecular complexity index is 442. The van der Waals surface area contributed by atoms with Crippen molar-refractivity contribution in [3.63, 3.8) is 0 Å². The first-order valence-electron chi connectivity index (χ1n) is 8.51. The number of unbranched alkanes of at least 4 members (excludes halogenated alkanes) is 2. The molecule has 0 heterocycles. The molecule has 0 aromatic heterocycles. The second-order valence-electron chi connectivity index (χ2n) is 5.50. The summed E-state index contributed by atoms with van der Waals surface area (Å²) in [5, 5.41) is 8.39. The molecule has 1 aromatic rings. The van der Waals surface area contributed by atoms with Crippen LogP contribution in [0.25, 0.3) is 0 Å². The standard InChI is InChI=1S/C18H29NO5.ClH/c19-10-9-16-5-7-17(8-6-16)24-14-3-1-2-11-22-12-4-13-23-15-18(20)21;/h5-8H,1-4,9-15,19H2,(H,20,21);1H. The minimum Gasteiger partial charge on any atom is -0.494 e. The largest absolute Gasteiger partial charge is 0.494 e. The van der Waals surface area contributed by atoms with Gasteiger partial charge in [0.05, 0.1) is 6.61 Å². The highest BCUT2D eigenvalue weighted by Gasteiger charge is 1.97. The number of carbonyl (C=O) groups is 1. The molecule has 0 atom stereocenters. The zero-order valence-electron chi connectivity index (χ0n) is 14.7. The fraction of sp³-hybridized carbons (Fsp3) is 0.611. The van der Waals surface area contributed by atoms with E-state index in [-0.39, 0.29) is 19.0 Å². The van der Waals surface area contributed by atoms with Crippen LogP contribution in [0.2, 0.25) is 0 Å².